The molecule has 6 nitrogen and oxygen atoms in total. The van der Waals surface area contributed by atoms with Gasteiger partial charge in [0.05, 0.1) is 6.10 Å². The van der Waals surface area contributed by atoms with Gasteiger partial charge >= 0.3 is 12.0 Å². The number of aliphatic hydroxyl groups excluding tert-OH is 1. The molecule has 0 aliphatic carbocycles. The number of carboxylic acids is 1. The summed E-state index contributed by atoms with van der Waals surface area (Å²) in [6.45, 7) is 4.47. The molecule has 0 fully saturated rings. The molecule has 0 aromatic carbocycles. The molecule has 0 spiro atoms. The molecule has 0 aromatic rings. The zero-order valence-electron chi connectivity index (χ0n) is 12.1. The van der Waals surface area contributed by atoms with E-state index in [-0.39, 0.29) is 12.5 Å². The Bertz CT molecular complexity index is 282. The van der Waals surface area contributed by atoms with Gasteiger partial charge in [-0.15, -0.1) is 0 Å². The highest BCUT2D eigenvalue weighted by molar-refractivity contribution is 5.73. The Morgan fingerprint density at radius 3 is 2.42 bits per heavy atom. The van der Waals surface area contributed by atoms with Gasteiger partial charge in [0.15, 0.2) is 0 Å². The van der Waals surface area contributed by atoms with Crippen molar-refractivity contribution in [1.29, 1.82) is 0 Å². The van der Waals surface area contributed by atoms with Crippen LogP contribution in [0.2, 0.25) is 0 Å². The van der Waals surface area contributed by atoms with E-state index in [2.05, 4.69) is 5.32 Å². The molecule has 2 unspecified atom stereocenters. The summed E-state index contributed by atoms with van der Waals surface area (Å²) in [6, 6.07) is -0.214. The molecule has 0 heterocycles. The van der Waals surface area contributed by atoms with Crippen LogP contribution in [0.5, 0.6) is 0 Å². The van der Waals surface area contributed by atoms with Crippen molar-refractivity contribution in [3.63, 3.8) is 0 Å². The molecule has 3 N–H and O–H groups in total. The Morgan fingerprint density at radius 2 is 1.95 bits per heavy atom. The third kappa shape index (κ3) is 9.30. The molecule has 19 heavy (non-hydrogen) atoms. The van der Waals surface area contributed by atoms with E-state index < -0.39 is 12.1 Å². The van der Waals surface area contributed by atoms with E-state index in [0.717, 1.165) is 12.8 Å². The molecule has 6 heteroatoms. The monoisotopic (exact) mass is 274 g/mol. The minimum absolute atomic E-state index is 0.175. The van der Waals surface area contributed by atoms with E-state index in [1.807, 2.05) is 6.92 Å². The topological polar surface area (TPSA) is 89.9 Å². The second kappa shape index (κ2) is 9.61. The molecule has 0 aliphatic rings. The second-order valence-corrected chi connectivity index (χ2v) is 4.96. The SMILES string of the molecule is CCC(CCNC(=O)N(C)CC(C)O)CCC(=O)O. The van der Waals surface area contributed by atoms with Crippen LogP contribution in [0.25, 0.3) is 0 Å². The number of carbonyl (C=O) groups excluding carboxylic acids is 1. The van der Waals surface area contributed by atoms with Gasteiger partial charge in [-0.05, 0) is 25.7 Å². The van der Waals surface area contributed by atoms with Crippen molar-refractivity contribution in [3.05, 3.63) is 0 Å². The lowest BCUT2D eigenvalue weighted by Gasteiger charge is -2.20. The average Bonchev–Trinajstić information content (AvgIpc) is 2.31. The fraction of sp³-hybridized carbons (Fsp3) is 0.846. The molecule has 2 atom stereocenters. The van der Waals surface area contributed by atoms with Gasteiger partial charge < -0.3 is 20.4 Å². The Labute approximate surface area is 114 Å². The van der Waals surface area contributed by atoms with Crippen LogP contribution < -0.4 is 5.32 Å². The van der Waals surface area contributed by atoms with Gasteiger partial charge in [0, 0.05) is 26.6 Å². The highest BCUT2D eigenvalue weighted by atomic mass is 16.4. The van der Waals surface area contributed by atoms with E-state index >= 15 is 0 Å². The van der Waals surface area contributed by atoms with Crippen LogP contribution in [-0.4, -0.2) is 53.4 Å². The maximum Gasteiger partial charge on any atom is 0.317 e. The minimum Gasteiger partial charge on any atom is -0.481 e. The third-order valence-electron chi connectivity index (χ3n) is 3.06. The van der Waals surface area contributed by atoms with Crippen LogP contribution in [-0.2, 0) is 4.79 Å². The summed E-state index contributed by atoms with van der Waals surface area (Å²) in [5.41, 5.74) is 0. The molecular formula is C13H26N2O4. The summed E-state index contributed by atoms with van der Waals surface area (Å²) in [5, 5.41) is 20.6. The maximum atomic E-state index is 11.6. The van der Waals surface area contributed by atoms with Crippen LogP contribution in [0, 0.1) is 5.92 Å². The quantitative estimate of drug-likeness (QED) is 0.591. The van der Waals surface area contributed by atoms with E-state index in [1.54, 1.807) is 14.0 Å². The molecule has 0 aliphatic heterocycles. The molecule has 0 saturated carbocycles. The number of urea groups is 1. The number of nitrogens with zero attached hydrogens (tertiary/aromatic N) is 1. The number of rotatable bonds is 9. The van der Waals surface area contributed by atoms with Crippen molar-refractivity contribution in [2.75, 3.05) is 20.1 Å². The summed E-state index contributed by atoms with van der Waals surface area (Å²) in [7, 11) is 1.63. The first-order chi connectivity index (χ1) is 8.86. The minimum atomic E-state index is -0.779. The van der Waals surface area contributed by atoms with Crippen LogP contribution in [0.15, 0.2) is 0 Å². The number of nitrogens with one attached hydrogen (secondary N) is 1. The molecule has 0 saturated heterocycles. The number of hydrogen-bond acceptors (Lipinski definition) is 3. The molecule has 2 amide bonds. The zero-order chi connectivity index (χ0) is 14.8. The van der Waals surface area contributed by atoms with Gasteiger partial charge in [-0.3, -0.25) is 4.79 Å². The lowest BCUT2D eigenvalue weighted by molar-refractivity contribution is -0.137. The van der Waals surface area contributed by atoms with Crippen molar-refractivity contribution in [3.8, 4) is 0 Å². The summed E-state index contributed by atoms with van der Waals surface area (Å²) < 4.78 is 0. The number of hydrogen-bond donors (Lipinski definition) is 3. The van der Waals surface area contributed by atoms with Gasteiger partial charge in [0.1, 0.15) is 0 Å². The number of aliphatic hydroxyl groups is 1. The van der Waals surface area contributed by atoms with Crippen molar-refractivity contribution in [2.24, 2.45) is 5.92 Å². The molecule has 0 radical (unpaired) electrons. The molecular weight excluding hydrogens is 248 g/mol. The lowest BCUT2D eigenvalue weighted by atomic mass is 9.97. The Hall–Kier alpha value is -1.30. The maximum absolute atomic E-state index is 11.6. The standard InChI is InChI=1S/C13H26N2O4/c1-4-11(5-6-12(17)18)7-8-14-13(19)15(3)9-10(2)16/h10-11,16H,4-9H2,1-3H3,(H,14,19)(H,17,18). The average molecular weight is 274 g/mol. The van der Waals surface area contributed by atoms with E-state index in [1.165, 1.54) is 4.90 Å². The molecule has 0 rings (SSSR count). The van der Waals surface area contributed by atoms with Crippen LogP contribution in [0.3, 0.4) is 0 Å². The Kier molecular flexibility index (Phi) is 8.95. The van der Waals surface area contributed by atoms with Gasteiger partial charge in [0.2, 0.25) is 0 Å². The molecule has 0 bridgehead atoms. The van der Waals surface area contributed by atoms with Gasteiger partial charge in [0.25, 0.3) is 0 Å². The van der Waals surface area contributed by atoms with Crippen molar-refractivity contribution >= 4 is 12.0 Å². The first-order valence-corrected chi connectivity index (χ1v) is 6.75. The predicted molar refractivity (Wildman–Crippen MR) is 73.0 cm³/mol. The lowest BCUT2D eigenvalue weighted by Crippen LogP contribution is -2.41. The van der Waals surface area contributed by atoms with E-state index in [4.69, 9.17) is 10.2 Å². The molecule has 0 aromatic heterocycles. The van der Waals surface area contributed by atoms with Crippen LogP contribution in [0.4, 0.5) is 4.79 Å². The summed E-state index contributed by atoms with van der Waals surface area (Å²) in [6.07, 6.45) is 1.96. The predicted octanol–water partition coefficient (Wildman–Crippen LogP) is 1.29. The Morgan fingerprint density at radius 1 is 1.32 bits per heavy atom. The highest BCUT2D eigenvalue weighted by Gasteiger charge is 2.12. The number of aliphatic carboxylic acids is 1. The van der Waals surface area contributed by atoms with Gasteiger partial charge in [-0.1, -0.05) is 13.3 Å². The van der Waals surface area contributed by atoms with E-state index in [0.29, 0.717) is 25.4 Å². The number of carbonyl (C=O) groups is 2. The van der Waals surface area contributed by atoms with Crippen molar-refractivity contribution < 1.29 is 19.8 Å². The number of amides is 2. The van der Waals surface area contributed by atoms with Crippen molar-refractivity contribution in [1.82, 2.24) is 10.2 Å². The summed E-state index contributed by atoms with van der Waals surface area (Å²) in [5.74, 6) is -0.461. The zero-order valence-corrected chi connectivity index (χ0v) is 12.1. The van der Waals surface area contributed by atoms with Crippen LogP contribution >= 0.6 is 0 Å². The largest absolute Gasteiger partial charge is 0.481 e. The van der Waals surface area contributed by atoms with Gasteiger partial charge in [-0.2, -0.15) is 0 Å². The normalized spacial score (nSPS) is 13.7. The number of likely N-dealkylation sites (N-methyl/N-ethyl adjacent to an activating group) is 1. The first kappa shape index (κ1) is 17.7. The second-order valence-electron chi connectivity index (χ2n) is 4.96. The summed E-state index contributed by atoms with van der Waals surface area (Å²) in [4.78, 5) is 23.6. The Balaban J connectivity index is 3.86. The van der Waals surface area contributed by atoms with Gasteiger partial charge in [-0.25, -0.2) is 4.79 Å². The molecule has 112 valence electrons. The highest BCUT2D eigenvalue weighted by Crippen LogP contribution is 2.14. The van der Waals surface area contributed by atoms with Crippen LogP contribution in [0.1, 0.15) is 39.5 Å². The number of carboxylic acid groups (broad SMARTS) is 1. The smallest absolute Gasteiger partial charge is 0.317 e. The fourth-order valence-corrected chi connectivity index (χ4v) is 1.88. The summed E-state index contributed by atoms with van der Waals surface area (Å²) >= 11 is 0. The first-order valence-electron chi connectivity index (χ1n) is 6.75. The van der Waals surface area contributed by atoms with Crippen molar-refractivity contribution in [2.45, 2.75) is 45.6 Å². The third-order valence-corrected chi connectivity index (χ3v) is 3.06. The van der Waals surface area contributed by atoms with E-state index in [9.17, 15) is 9.59 Å². The fourth-order valence-electron chi connectivity index (χ4n) is 1.88.